The average Bonchev–Trinajstić information content (AvgIpc) is 2.64. The van der Waals surface area contributed by atoms with Crippen LogP contribution in [-0.2, 0) is 5.54 Å². The molecule has 3 nitrogen and oxygen atoms in total. The Labute approximate surface area is 111 Å². The van der Waals surface area contributed by atoms with Gasteiger partial charge in [-0.05, 0) is 51.5 Å². The number of halogens is 1. The second-order valence-electron chi connectivity index (χ2n) is 5.30. The van der Waals surface area contributed by atoms with E-state index in [1.54, 1.807) is 19.1 Å². The summed E-state index contributed by atoms with van der Waals surface area (Å²) in [5, 5.41) is 6.90. The zero-order valence-corrected chi connectivity index (χ0v) is 11.7. The number of nitrogens with zero attached hydrogens (tertiary/aromatic N) is 2. The summed E-state index contributed by atoms with van der Waals surface area (Å²) in [5.41, 5.74) is 0.814. The standard InChI is InChI=1S/C13H16FN3S/c1-8-6-5-7-9(10(8)14)11-15-16-12(18)17(11)13(2,3)4/h5-7H,1-4H3,(H,16,18). The van der Waals surface area contributed by atoms with Crippen LogP contribution in [-0.4, -0.2) is 14.8 Å². The van der Waals surface area contributed by atoms with Gasteiger partial charge in [-0.3, -0.25) is 9.67 Å². The lowest BCUT2D eigenvalue weighted by atomic mass is 10.1. The fourth-order valence-corrected chi connectivity index (χ4v) is 2.33. The molecule has 0 saturated carbocycles. The average molecular weight is 265 g/mol. The monoisotopic (exact) mass is 265 g/mol. The number of aromatic nitrogens is 3. The van der Waals surface area contributed by atoms with Crippen molar-refractivity contribution in [3.63, 3.8) is 0 Å². The van der Waals surface area contributed by atoms with E-state index in [4.69, 9.17) is 12.2 Å². The number of aromatic amines is 1. The van der Waals surface area contributed by atoms with E-state index in [0.29, 0.717) is 21.7 Å². The molecule has 1 heterocycles. The highest BCUT2D eigenvalue weighted by Gasteiger charge is 2.22. The molecule has 0 aliphatic carbocycles. The Morgan fingerprint density at radius 1 is 1.33 bits per heavy atom. The van der Waals surface area contributed by atoms with Crippen LogP contribution in [0.4, 0.5) is 4.39 Å². The Morgan fingerprint density at radius 2 is 2.00 bits per heavy atom. The normalized spacial score (nSPS) is 11.8. The summed E-state index contributed by atoms with van der Waals surface area (Å²) in [6.07, 6.45) is 0. The maximum atomic E-state index is 14.2. The first-order valence-electron chi connectivity index (χ1n) is 5.76. The van der Waals surface area contributed by atoms with E-state index in [-0.39, 0.29) is 11.4 Å². The van der Waals surface area contributed by atoms with Crippen LogP contribution in [0.1, 0.15) is 26.3 Å². The third-order valence-corrected chi connectivity index (χ3v) is 3.05. The van der Waals surface area contributed by atoms with Crippen LogP contribution < -0.4 is 0 Å². The minimum absolute atomic E-state index is 0.253. The molecule has 0 bridgehead atoms. The number of hydrogen-bond donors (Lipinski definition) is 1. The fourth-order valence-electron chi connectivity index (χ4n) is 1.92. The topological polar surface area (TPSA) is 33.6 Å². The van der Waals surface area contributed by atoms with Gasteiger partial charge < -0.3 is 0 Å². The van der Waals surface area contributed by atoms with Gasteiger partial charge in [0.1, 0.15) is 5.82 Å². The van der Waals surface area contributed by atoms with Crippen molar-refractivity contribution < 1.29 is 4.39 Å². The van der Waals surface area contributed by atoms with Gasteiger partial charge in [0.15, 0.2) is 10.6 Å². The molecule has 96 valence electrons. The smallest absolute Gasteiger partial charge is 0.195 e. The number of aryl methyl sites for hydroxylation is 1. The second kappa shape index (κ2) is 4.31. The first-order chi connectivity index (χ1) is 8.32. The minimum atomic E-state index is -0.254. The molecule has 0 unspecified atom stereocenters. The zero-order chi connectivity index (χ0) is 13.5. The summed E-state index contributed by atoms with van der Waals surface area (Å²) in [7, 11) is 0. The summed E-state index contributed by atoms with van der Waals surface area (Å²) in [5.74, 6) is 0.283. The molecule has 1 aromatic heterocycles. The zero-order valence-electron chi connectivity index (χ0n) is 10.9. The van der Waals surface area contributed by atoms with Gasteiger partial charge in [-0.25, -0.2) is 4.39 Å². The van der Waals surface area contributed by atoms with Crippen LogP contribution in [0.2, 0.25) is 0 Å². The maximum Gasteiger partial charge on any atom is 0.195 e. The summed E-state index contributed by atoms with van der Waals surface area (Å²) < 4.78 is 16.5. The second-order valence-corrected chi connectivity index (χ2v) is 5.68. The van der Waals surface area contributed by atoms with E-state index in [1.165, 1.54) is 0 Å². The Morgan fingerprint density at radius 3 is 2.61 bits per heavy atom. The van der Waals surface area contributed by atoms with Crippen molar-refractivity contribution in [1.82, 2.24) is 14.8 Å². The fraction of sp³-hybridized carbons (Fsp3) is 0.385. The third-order valence-electron chi connectivity index (χ3n) is 2.78. The third kappa shape index (κ3) is 2.10. The van der Waals surface area contributed by atoms with Gasteiger partial charge in [-0.2, -0.15) is 5.10 Å². The van der Waals surface area contributed by atoms with Crippen molar-refractivity contribution in [2.24, 2.45) is 0 Å². The SMILES string of the molecule is Cc1cccc(-c2n[nH]c(=S)n2C(C)(C)C)c1F. The van der Waals surface area contributed by atoms with Gasteiger partial charge in [-0.15, -0.1) is 0 Å². The molecule has 18 heavy (non-hydrogen) atoms. The highest BCUT2D eigenvalue weighted by Crippen LogP contribution is 2.27. The number of rotatable bonds is 1. The van der Waals surface area contributed by atoms with Crippen LogP contribution in [0.25, 0.3) is 11.4 Å². The molecule has 5 heteroatoms. The first kappa shape index (κ1) is 13.0. The Hall–Kier alpha value is -1.49. The van der Waals surface area contributed by atoms with Crippen LogP contribution >= 0.6 is 12.2 Å². The van der Waals surface area contributed by atoms with Crippen molar-refractivity contribution in [1.29, 1.82) is 0 Å². The highest BCUT2D eigenvalue weighted by molar-refractivity contribution is 7.71. The van der Waals surface area contributed by atoms with E-state index in [0.717, 1.165) is 0 Å². The van der Waals surface area contributed by atoms with Gasteiger partial charge in [0, 0.05) is 5.54 Å². The van der Waals surface area contributed by atoms with Crippen molar-refractivity contribution in [3.8, 4) is 11.4 Å². The van der Waals surface area contributed by atoms with E-state index in [1.807, 2.05) is 31.4 Å². The predicted molar refractivity (Wildman–Crippen MR) is 72.5 cm³/mol. The number of H-pyrrole nitrogens is 1. The number of nitrogens with one attached hydrogen (secondary N) is 1. The molecule has 2 aromatic rings. The van der Waals surface area contributed by atoms with E-state index < -0.39 is 0 Å². The summed E-state index contributed by atoms with van der Waals surface area (Å²) in [6, 6.07) is 5.27. The molecule has 0 aliphatic rings. The van der Waals surface area contributed by atoms with Crippen molar-refractivity contribution >= 4 is 12.2 Å². The quantitative estimate of drug-likeness (QED) is 0.795. The van der Waals surface area contributed by atoms with Gasteiger partial charge >= 0.3 is 0 Å². The molecular formula is C13H16FN3S. The van der Waals surface area contributed by atoms with Crippen LogP contribution in [0, 0.1) is 17.5 Å². The summed E-state index contributed by atoms with van der Waals surface area (Å²) in [4.78, 5) is 0. The number of benzene rings is 1. The molecule has 1 aromatic carbocycles. The molecule has 0 amide bonds. The van der Waals surface area contributed by atoms with Gasteiger partial charge in [0.2, 0.25) is 0 Å². The molecule has 0 atom stereocenters. The minimum Gasteiger partial charge on any atom is -0.295 e. The van der Waals surface area contributed by atoms with Crippen molar-refractivity contribution in [3.05, 3.63) is 34.4 Å². The van der Waals surface area contributed by atoms with Gasteiger partial charge in [0.25, 0.3) is 0 Å². The molecule has 0 fully saturated rings. The first-order valence-corrected chi connectivity index (χ1v) is 6.16. The van der Waals surface area contributed by atoms with E-state index in [2.05, 4.69) is 10.2 Å². The van der Waals surface area contributed by atoms with Gasteiger partial charge in [0.05, 0.1) is 5.56 Å². The molecule has 0 spiro atoms. The highest BCUT2D eigenvalue weighted by atomic mass is 32.1. The largest absolute Gasteiger partial charge is 0.295 e. The molecule has 0 radical (unpaired) electrons. The molecule has 0 aliphatic heterocycles. The predicted octanol–water partition coefficient (Wildman–Crippen LogP) is 3.81. The lowest BCUT2D eigenvalue weighted by Gasteiger charge is -2.22. The van der Waals surface area contributed by atoms with E-state index in [9.17, 15) is 4.39 Å². The maximum absolute atomic E-state index is 14.2. The summed E-state index contributed by atoms with van der Waals surface area (Å²) in [6.45, 7) is 7.77. The number of hydrogen-bond acceptors (Lipinski definition) is 2. The Balaban J connectivity index is 2.74. The van der Waals surface area contributed by atoms with E-state index >= 15 is 0 Å². The Kier molecular flexibility index (Phi) is 3.11. The molecule has 1 N–H and O–H groups in total. The van der Waals surface area contributed by atoms with Crippen molar-refractivity contribution in [2.45, 2.75) is 33.2 Å². The van der Waals surface area contributed by atoms with Crippen LogP contribution in [0.3, 0.4) is 0 Å². The molecular weight excluding hydrogens is 249 g/mol. The Bertz CT molecular complexity index is 634. The van der Waals surface area contributed by atoms with Crippen LogP contribution in [0.5, 0.6) is 0 Å². The van der Waals surface area contributed by atoms with Crippen LogP contribution in [0.15, 0.2) is 18.2 Å². The lowest BCUT2D eigenvalue weighted by molar-refractivity contribution is 0.395. The molecule has 0 saturated heterocycles. The lowest BCUT2D eigenvalue weighted by Crippen LogP contribution is -2.23. The molecule has 2 rings (SSSR count). The van der Waals surface area contributed by atoms with Gasteiger partial charge in [-0.1, -0.05) is 12.1 Å². The van der Waals surface area contributed by atoms with Crippen molar-refractivity contribution in [2.75, 3.05) is 0 Å². The summed E-state index contributed by atoms with van der Waals surface area (Å²) >= 11 is 5.22.